The van der Waals surface area contributed by atoms with Crippen molar-refractivity contribution >= 4 is 22.8 Å². The Morgan fingerprint density at radius 3 is 2.61 bits per heavy atom. The van der Waals surface area contributed by atoms with Crippen LogP contribution < -0.4 is 10.6 Å². The summed E-state index contributed by atoms with van der Waals surface area (Å²) in [4.78, 5) is 20.7. The van der Waals surface area contributed by atoms with Crippen molar-refractivity contribution in [2.24, 2.45) is 0 Å². The molecular formula is C19H24N6O3. The van der Waals surface area contributed by atoms with Gasteiger partial charge in [0.2, 0.25) is 5.91 Å². The standard InChI is InChI=1S/C19H24N6O3/c1-13-17-18(21-10-9-20-16(26)12-28-3)22-15(11-27-2)23-19(17)25(24-13)14-7-5-4-6-8-14/h4-8H,9-12H2,1-3H3,(H,20,26)(H,21,22,23). The van der Waals surface area contributed by atoms with E-state index in [4.69, 9.17) is 9.47 Å². The van der Waals surface area contributed by atoms with E-state index in [9.17, 15) is 4.79 Å². The molecule has 1 aromatic carbocycles. The highest BCUT2D eigenvalue weighted by atomic mass is 16.5. The summed E-state index contributed by atoms with van der Waals surface area (Å²) in [5.74, 6) is 1.06. The number of fused-ring (bicyclic) bond motifs is 1. The maximum Gasteiger partial charge on any atom is 0.246 e. The summed E-state index contributed by atoms with van der Waals surface area (Å²) in [5, 5.41) is 11.5. The van der Waals surface area contributed by atoms with Crippen LogP contribution in [0.3, 0.4) is 0 Å². The molecule has 148 valence electrons. The number of rotatable bonds is 9. The van der Waals surface area contributed by atoms with Crippen LogP contribution in [0.5, 0.6) is 0 Å². The lowest BCUT2D eigenvalue weighted by atomic mass is 10.3. The molecule has 0 aliphatic carbocycles. The number of ether oxygens (including phenoxy) is 2. The number of carbonyl (C=O) groups is 1. The first kappa shape index (κ1) is 19.7. The minimum absolute atomic E-state index is 0.0404. The summed E-state index contributed by atoms with van der Waals surface area (Å²) in [6.07, 6.45) is 0. The van der Waals surface area contributed by atoms with Crippen molar-refractivity contribution < 1.29 is 14.3 Å². The van der Waals surface area contributed by atoms with Crippen molar-refractivity contribution in [1.29, 1.82) is 0 Å². The minimum Gasteiger partial charge on any atom is -0.377 e. The number of aromatic nitrogens is 4. The fourth-order valence-corrected chi connectivity index (χ4v) is 2.86. The number of nitrogens with one attached hydrogen (secondary N) is 2. The smallest absolute Gasteiger partial charge is 0.246 e. The first-order valence-corrected chi connectivity index (χ1v) is 8.94. The molecule has 0 saturated carbocycles. The Hall–Kier alpha value is -3.04. The van der Waals surface area contributed by atoms with Crippen molar-refractivity contribution in [2.75, 3.05) is 39.2 Å². The van der Waals surface area contributed by atoms with E-state index in [0.29, 0.717) is 30.4 Å². The molecule has 0 spiro atoms. The fourth-order valence-electron chi connectivity index (χ4n) is 2.86. The number of benzene rings is 1. The summed E-state index contributed by atoms with van der Waals surface area (Å²) in [7, 11) is 3.09. The number of nitrogens with zero attached hydrogens (tertiary/aromatic N) is 4. The zero-order valence-corrected chi connectivity index (χ0v) is 16.2. The van der Waals surface area contributed by atoms with Crippen LogP contribution >= 0.6 is 0 Å². The van der Waals surface area contributed by atoms with Crippen LogP contribution in [-0.4, -0.2) is 59.6 Å². The molecule has 2 N–H and O–H groups in total. The van der Waals surface area contributed by atoms with Gasteiger partial charge in [-0.05, 0) is 19.1 Å². The quantitative estimate of drug-likeness (QED) is 0.538. The van der Waals surface area contributed by atoms with Crippen molar-refractivity contribution in [3.63, 3.8) is 0 Å². The van der Waals surface area contributed by atoms with Crippen LogP contribution in [0.25, 0.3) is 16.7 Å². The molecule has 28 heavy (non-hydrogen) atoms. The summed E-state index contributed by atoms with van der Waals surface area (Å²) in [5.41, 5.74) is 2.44. The zero-order valence-electron chi connectivity index (χ0n) is 16.2. The third-order valence-corrected chi connectivity index (χ3v) is 4.04. The van der Waals surface area contributed by atoms with E-state index in [1.54, 1.807) is 11.8 Å². The molecule has 0 saturated heterocycles. The van der Waals surface area contributed by atoms with Crippen LogP contribution in [0.4, 0.5) is 5.82 Å². The lowest BCUT2D eigenvalue weighted by Crippen LogP contribution is -2.31. The Bertz CT molecular complexity index is 942. The van der Waals surface area contributed by atoms with Gasteiger partial charge in [0.15, 0.2) is 11.5 Å². The van der Waals surface area contributed by atoms with Gasteiger partial charge in [-0.25, -0.2) is 14.6 Å². The average molecular weight is 384 g/mol. The van der Waals surface area contributed by atoms with Crippen LogP contribution in [0.1, 0.15) is 11.5 Å². The number of amides is 1. The molecule has 0 fully saturated rings. The maximum absolute atomic E-state index is 11.5. The number of methoxy groups -OCH3 is 2. The highest BCUT2D eigenvalue weighted by Crippen LogP contribution is 2.26. The topological polar surface area (TPSA) is 103 Å². The largest absolute Gasteiger partial charge is 0.377 e. The molecule has 0 bridgehead atoms. The molecule has 0 aliphatic heterocycles. The fraction of sp³-hybridized carbons (Fsp3) is 0.368. The summed E-state index contributed by atoms with van der Waals surface area (Å²) in [6, 6.07) is 9.82. The van der Waals surface area contributed by atoms with Crippen LogP contribution in [0.15, 0.2) is 30.3 Å². The highest BCUT2D eigenvalue weighted by molar-refractivity contribution is 5.90. The first-order chi connectivity index (χ1) is 13.6. The number of para-hydroxylation sites is 1. The van der Waals surface area contributed by atoms with Crippen LogP contribution in [-0.2, 0) is 20.9 Å². The predicted octanol–water partition coefficient (Wildman–Crippen LogP) is 1.44. The Labute approximate surface area is 163 Å². The van der Waals surface area contributed by atoms with E-state index in [1.165, 1.54) is 7.11 Å². The van der Waals surface area contributed by atoms with Gasteiger partial charge < -0.3 is 20.1 Å². The monoisotopic (exact) mass is 384 g/mol. The Kier molecular flexibility index (Phi) is 6.51. The lowest BCUT2D eigenvalue weighted by Gasteiger charge is -2.10. The Morgan fingerprint density at radius 1 is 1.11 bits per heavy atom. The average Bonchev–Trinajstić information content (AvgIpc) is 3.03. The zero-order chi connectivity index (χ0) is 19.9. The van der Waals surface area contributed by atoms with Crippen molar-refractivity contribution in [3.05, 3.63) is 41.9 Å². The van der Waals surface area contributed by atoms with Crippen molar-refractivity contribution in [1.82, 2.24) is 25.1 Å². The molecule has 1 amide bonds. The van der Waals surface area contributed by atoms with Gasteiger partial charge in [-0.3, -0.25) is 4.79 Å². The van der Waals surface area contributed by atoms with E-state index >= 15 is 0 Å². The predicted molar refractivity (Wildman–Crippen MR) is 105 cm³/mol. The van der Waals surface area contributed by atoms with Gasteiger partial charge in [-0.1, -0.05) is 18.2 Å². The third kappa shape index (κ3) is 4.44. The molecule has 2 heterocycles. The van der Waals surface area contributed by atoms with Crippen LogP contribution in [0.2, 0.25) is 0 Å². The highest BCUT2D eigenvalue weighted by Gasteiger charge is 2.17. The molecular weight excluding hydrogens is 360 g/mol. The molecule has 0 atom stereocenters. The lowest BCUT2D eigenvalue weighted by molar-refractivity contribution is -0.124. The van der Waals surface area contributed by atoms with E-state index in [0.717, 1.165) is 16.8 Å². The first-order valence-electron chi connectivity index (χ1n) is 8.94. The molecule has 2 aromatic heterocycles. The van der Waals surface area contributed by atoms with Gasteiger partial charge in [0.25, 0.3) is 0 Å². The number of aryl methyl sites for hydroxylation is 1. The SMILES string of the molecule is COCC(=O)NCCNc1nc(COC)nc2c1c(C)nn2-c1ccccc1. The molecule has 0 aliphatic rings. The number of hydrogen-bond acceptors (Lipinski definition) is 7. The molecule has 9 heteroatoms. The molecule has 3 aromatic rings. The molecule has 3 rings (SSSR count). The Morgan fingerprint density at radius 2 is 1.89 bits per heavy atom. The number of hydrogen-bond donors (Lipinski definition) is 2. The van der Waals surface area contributed by atoms with Gasteiger partial charge in [-0.2, -0.15) is 5.10 Å². The van der Waals surface area contributed by atoms with E-state index < -0.39 is 0 Å². The van der Waals surface area contributed by atoms with Crippen molar-refractivity contribution in [2.45, 2.75) is 13.5 Å². The van der Waals surface area contributed by atoms with E-state index in [1.807, 2.05) is 37.3 Å². The maximum atomic E-state index is 11.5. The Balaban J connectivity index is 1.90. The minimum atomic E-state index is -0.162. The van der Waals surface area contributed by atoms with Gasteiger partial charge >= 0.3 is 0 Å². The normalized spacial score (nSPS) is 11.0. The van der Waals surface area contributed by atoms with E-state index in [-0.39, 0.29) is 19.1 Å². The second-order valence-corrected chi connectivity index (χ2v) is 6.16. The number of carbonyl (C=O) groups excluding carboxylic acids is 1. The van der Waals surface area contributed by atoms with Crippen LogP contribution in [0, 0.1) is 6.92 Å². The van der Waals surface area contributed by atoms with Gasteiger partial charge in [-0.15, -0.1) is 0 Å². The molecule has 0 radical (unpaired) electrons. The van der Waals surface area contributed by atoms with Gasteiger partial charge in [0.1, 0.15) is 19.0 Å². The van der Waals surface area contributed by atoms with Gasteiger partial charge in [0.05, 0.1) is 16.8 Å². The summed E-state index contributed by atoms with van der Waals surface area (Å²) in [6.45, 7) is 3.20. The van der Waals surface area contributed by atoms with E-state index in [2.05, 4.69) is 25.7 Å². The third-order valence-electron chi connectivity index (χ3n) is 4.04. The second kappa shape index (κ2) is 9.25. The summed E-state index contributed by atoms with van der Waals surface area (Å²) >= 11 is 0. The van der Waals surface area contributed by atoms with Crippen molar-refractivity contribution in [3.8, 4) is 5.69 Å². The summed E-state index contributed by atoms with van der Waals surface area (Å²) < 4.78 is 11.8. The molecule has 9 nitrogen and oxygen atoms in total. The number of anilines is 1. The molecule has 0 unspecified atom stereocenters. The second-order valence-electron chi connectivity index (χ2n) is 6.16. The van der Waals surface area contributed by atoms with Gasteiger partial charge in [0, 0.05) is 27.3 Å².